The second-order valence-corrected chi connectivity index (χ2v) is 4.13. The summed E-state index contributed by atoms with van der Waals surface area (Å²) in [6.45, 7) is 1.41. The molecule has 0 atom stereocenters. The molecule has 0 radical (unpaired) electrons. The third-order valence-electron chi connectivity index (χ3n) is 1.99. The molecular formula is C10H8N4O2S. The van der Waals surface area contributed by atoms with Gasteiger partial charge in [-0.05, 0) is 12.1 Å². The van der Waals surface area contributed by atoms with Gasteiger partial charge in [-0.2, -0.15) is 5.10 Å². The zero-order valence-electron chi connectivity index (χ0n) is 8.90. The number of carbonyl (C=O) groups is 1. The number of ketones is 1. The second-order valence-electron chi connectivity index (χ2n) is 3.17. The number of hydrogen-bond donors (Lipinski definition) is 0. The molecule has 0 saturated carbocycles. The Balaban J connectivity index is 2.64. The van der Waals surface area contributed by atoms with Crippen LogP contribution in [0.3, 0.4) is 0 Å². The highest BCUT2D eigenvalue weighted by molar-refractivity contribution is 7.10. The fraction of sp³-hybridized carbons (Fsp3) is 0.100. The minimum atomic E-state index is -0.174. The molecule has 0 aliphatic carbocycles. The fourth-order valence-electron chi connectivity index (χ4n) is 1.26. The van der Waals surface area contributed by atoms with Gasteiger partial charge >= 0.3 is 0 Å². The Bertz CT molecular complexity index is 615. The summed E-state index contributed by atoms with van der Waals surface area (Å²) in [5.41, 5.74) is 0.721. The van der Waals surface area contributed by atoms with Crippen LogP contribution in [0.2, 0.25) is 0 Å². The summed E-state index contributed by atoms with van der Waals surface area (Å²) in [4.78, 5) is 21.7. The summed E-state index contributed by atoms with van der Waals surface area (Å²) in [5.74, 6) is -0.174. The minimum Gasteiger partial charge on any atom is -0.292 e. The molecule has 0 aliphatic heterocycles. The summed E-state index contributed by atoms with van der Waals surface area (Å²) >= 11 is 1.03. The first-order valence-electron chi connectivity index (χ1n) is 4.75. The van der Waals surface area contributed by atoms with E-state index in [0.717, 1.165) is 17.0 Å². The molecule has 0 spiro atoms. The zero-order valence-corrected chi connectivity index (χ0v) is 9.72. The smallest absolute Gasteiger partial charge is 0.237 e. The van der Waals surface area contributed by atoms with Crippen LogP contribution in [0.4, 0.5) is 0 Å². The summed E-state index contributed by atoms with van der Waals surface area (Å²) in [7, 11) is 0. The van der Waals surface area contributed by atoms with Gasteiger partial charge in [0.15, 0.2) is 10.8 Å². The Morgan fingerprint density at radius 1 is 1.35 bits per heavy atom. The van der Waals surface area contributed by atoms with E-state index in [1.807, 2.05) is 18.2 Å². The first-order valence-corrected chi connectivity index (χ1v) is 5.57. The summed E-state index contributed by atoms with van der Waals surface area (Å²) < 4.78 is 1.42. The van der Waals surface area contributed by atoms with Gasteiger partial charge in [0.1, 0.15) is 0 Å². The Hall–Kier alpha value is -2.15. The number of Topliss-reactive ketones (excluding diaryl/α,β-unsaturated/α-hetero) is 1. The van der Waals surface area contributed by atoms with Gasteiger partial charge in [0, 0.05) is 6.92 Å². The molecule has 0 saturated heterocycles. The van der Waals surface area contributed by atoms with Crippen LogP contribution >= 0.6 is 11.3 Å². The lowest BCUT2D eigenvalue weighted by atomic mass is 10.3. The Morgan fingerprint density at radius 2 is 2.06 bits per heavy atom. The van der Waals surface area contributed by atoms with Gasteiger partial charge in [0.2, 0.25) is 4.80 Å². The maximum Gasteiger partial charge on any atom is 0.237 e. The lowest BCUT2D eigenvalue weighted by Crippen LogP contribution is -2.13. The normalized spacial score (nSPS) is 11.5. The number of benzene rings is 1. The molecule has 0 N–H and O–H groups in total. The van der Waals surface area contributed by atoms with Crippen molar-refractivity contribution < 1.29 is 4.79 Å². The summed E-state index contributed by atoms with van der Waals surface area (Å²) in [6, 6.07) is 9.11. The van der Waals surface area contributed by atoms with Crippen molar-refractivity contribution in [1.82, 2.24) is 9.78 Å². The van der Waals surface area contributed by atoms with Crippen LogP contribution in [0.1, 0.15) is 16.7 Å². The summed E-state index contributed by atoms with van der Waals surface area (Å²) in [5, 5.41) is 10.3. The molecule has 0 bridgehead atoms. The zero-order chi connectivity index (χ0) is 12.3. The van der Waals surface area contributed by atoms with Gasteiger partial charge in [-0.1, -0.05) is 34.6 Å². The van der Waals surface area contributed by atoms with Gasteiger partial charge < -0.3 is 0 Å². The predicted molar refractivity (Wildman–Crippen MR) is 62.8 cm³/mol. The monoisotopic (exact) mass is 248 g/mol. The van der Waals surface area contributed by atoms with Crippen LogP contribution in [0.15, 0.2) is 40.7 Å². The molecule has 2 aromatic rings. The van der Waals surface area contributed by atoms with E-state index < -0.39 is 0 Å². The maximum atomic E-state index is 11.2. The van der Waals surface area contributed by atoms with Crippen LogP contribution in [0, 0.1) is 4.91 Å². The predicted octanol–water partition coefficient (Wildman–Crippen LogP) is 1.72. The first kappa shape index (κ1) is 11.3. The molecule has 0 unspecified atom stereocenters. The maximum absolute atomic E-state index is 11.2. The average Bonchev–Trinajstić information content (AvgIpc) is 2.75. The van der Waals surface area contributed by atoms with Crippen LogP contribution < -0.4 is 4.80 Å². The van der Waals surface area contributed by atoms with Crippen LogP contribution in [0.25, 0.3) is 5.69 Å². The van der Waals surface area contributed by atoms with Gasteiger partial charge in [0.05, 0.1) is 11.0 Å². The third-order valence-corrected chi connectivity index (χ3v) is 2.99. The van der Waals surface area contributed by atoms with Gasteiger partial charge in [-0.3, -0.25) is 4.79 Å². The third kappa shape index (κ3) is 2.34. The quantitative estimate of drug-likeness (QED) is 0.471. The van der Waals surface area contributed by atoms with Gasteiger partial charge in [-0.25, -0.2) is 4.68 Å². The van der Waals surface area contributed by atoms with E-state index in [9.17, 15) is 9.70 Å². The molecule has 7 heteroatoms. The van der Waals surface area contributed by atoms with E-state index in [-0.39, 0.29) is 15.6 Å². The largest absolute Gasteiger partial charge is 0.292 e. The highest BCUT2D eigenvalue weighted by Gasteiger charge is 2.10. The number of hydrogen-bond acceptors (Lipinski definition) is 5. The number of para-hydroxylation sites is 1. The second kappa shape index (κ2) is 4.79. The van der Waals surface area contributed by atoms with Crippen molar-refractivity contribution in [3.8, 4) is 5.69 Å². The van der Waals surface area contributed by atoms with E-state index in [0.29, 0.717) is 0 Å². The van der Waals surface area contributed by atoms with Crippen molar-refractivity contribution in [2.75, 3.05) is 0 Å². The number of carbonyl (C=O) groups excluding carboxylic acids is 1. The topological polar surface area (TPSA) is 76.7 Å². The molecule has 1 aromatic carbocycles. The Morgan fingerprint density at radius 3 is 2.65 bits per heavy atom. The standard InChI is InChI=1S/C10H8N4O2S/c1-7(15)9-12-14(10(17-9)11-13-16)8-5-3-2-4-6-8/h2-6H,1H3/b11-10+. The SMILES string of the molecule is CC(=O)c1nn(-c2ccccc2)/c(=N\N=O)s1. The van der Waals surface area contributed by atoms with Crippen molar-refractivity contribution >= 4 is 17.1 Å². The number of nitroso groups, excluding NO2 is 1. The van der Waals surface area contributed by atoms with Gasteiger partial charge in [-0.15, -0.1) is 4.91 Å². The molecule has 1 aromatic heterocycles. The van der Waals surface area contributed by atoms with Crippen molar-refractivity contribution in [1.29, 1.82) is 0 Å². The Kier molecular flexibility index (Phi) is 3.20. The van der Waals surface area contributed by atoms with Crippen molar-refractivity contribution in [2.45, 2.75) is 6.92 Å². The average molecular weight is 248 g/mol. The number of rotatable bonds is 3. The first-order chi connectivity index (χ1) is 8.22. The van der Waals surface area contributed by atoms with Crippen LogP contribution in [0.5, 0.6) is 0 Å². The van der Waals surface area contributed by atoms with E-state index >= 15 is 0 Å². The molecule has 1 heterocycles. The molecule has 86 valence electrons. The van der Waals surface area contributed by atoms with Crippen molar-refractivity contribution in [2.24, 2.45) is 10.4 Å². The number of nitrogens with zero attached hydrogens (tertiary/aromatic N) is 4. The molecule has 0 aliphatic rings. The van der Waals surface area contributed by atoms with Gasteiger partial charge in [0.25, 0.3) is 0 Å². The molecule has 17 heavy (non-hydrogen) atoms. The van der Waals surface area contributed by atoms with E-state index in [4.69, 9.17) is 0 Å². The Labute approximate surface area is 100 Å². The van der Waals surface area contributed by atoms with E-state index in [2.05, 4.69) is 15.5 Å². The van der Waals surface area contributed by atoms with E-state index in [1.165, 1.54) is 11.6 Å². The molecule has 0 fully saturated rings. The van der Waals surface area contributed by atoms with Crippen molar-refractivity contribution in [3.05, 3.63) is 45.0 Å². The highest BCUT2D eigenvalue weighted by Crippen LogP contribution is 2.07. The van der Waals surface area contributed by atoms with Crippen LogP contribution in [-0.2, 0) is 0 Å². The van der Waals surface area contributed by atoms with E-state index in [1.54, 1.807) is 12.1 Å². The molecule has 0 amide bonds. The lowest BCUT2D eigenvalue weighted by molar-refractivity contribution is 0.101. The molecular weight excluding hydrogens is 240 g/mol. The fourth-order valence-corrected chi connectivity index (χ4v) is 2.01. The summed E-state index contributed by atoms with van der Waals surface area (Å²) in [6.07, 6.45) is 0. The highest BCUT2D eigenvalue weighted by atomic mass is 32.1. The van der Waals surface area contributed by atoms with Crippen molar-refractivity contribution in [3.63, 3.8) is 0 Å². The minimum absolute atomic E-state index is 0.174. The molecule has 2 rings (SSSR count). The van der Waals surface area contributed by atoms with Crippen LogP contribution in [-0.4, -0.2) is 15.6 Å². The number of aromatic nitrogens is 2. The molecule has 6 nitrogen and oxygen atoms in total. The lowest BCUT2D eigenvalue weighted by Gasteiger charge is -1.98.